The number of anilines is 4. The molecule has 4 aliphatic heterocycles. The fourth-order valence-electron chi connectivity index (χ4n) is 8.73. The van der Waals surface area contributed by atoms with Crippen LogP contribution in [-0.4, -0.2) is 49.8 Å². The van der Waals surface area contributed by atoms with E-state index < -0.39 is 0 Å². The highest BCUT2D eigenvalue weighted by Crippen LogP contribution is 2.52. The zero-order valence-corrected chi connectivity index (χ0v) is 39.1. The molecule has 0 fully saturated rings. The van der Waals surface area contributed by atoms with Crippen LogP contribution in [0.25, 0.3) is 22.3 Å². The molecular formula is C48H60N4O4S4. The van der Waals surface area contributed by atoms with E-state index in [2.05, 4.69) is 27.7 Å². The Morgan fingerprint density at radius 2 is 0.550 bits per heavy atom. The van der Waals surface area contributed by atoms with Crippen molar-refractivity contribution in [1.29, 1.82) is 0 Å². The van der Waals surface area contributed by atoms with Gasteiger partial charge in [-0.25, -0.2) is 0 Å². The number of carbonyl (C=O) groups is 4. The first kappa shape index (κ1) is 44.2. The molecule has 4 amide bonds. The Balaban J connectivity index is 0.000000181. The van der Waals surface area contributed by atoms with E-state index in [1.54, 1.807) is 45.3 Å². The van der Waals surface area contributed by atoms with Crippen LogP contribution in [0, 0.1) is 0 Å². The minimum Gasteiger partial charge on any atom is -0.307 e. The average molecular weight is 885 g/mol. The summed E-state index contributed by atoms with van der Waals surface area (Å²) < 4.78 is 0. The molecule has 4 aromatic heterocycles. The Morgan fingerprint density at radius 1 is 0.333 bits per heavy atom. The van der Waals surface area contributed by atoms with Crippen molar-refractivity contribution in [3.63, 3.8) is 0 Å². The SMILES string of the molecule is CCCCCCN1C(=O)/C(=C2/C(=O)N(CCCCCC)c3ccsc32)c2sccc21.CCCCCCN1C(=O)/C(=C2/C(=O)N(CCCCCC)c3ccsc32)c2sccc21. The molecule has 0 saturated carbocycles. The summed E-state index contributed by atoms with van der Waals surface area (Å²) in [4.78, 5) is 65.3. The van der Waals surface area contributed by atoms with Crippen molar-refractivity contribution >= 4 is 114 Å². The number of nitrogens with zero attached hydrogens (tertiary/aromatic N) is 4. The molecule has 8 rings (SSSR count). The van der Waals surface area contributed by atoms with E-state index in [0.29, 0.717) is 22.3 Å². The van der Waals surface area contributed by atoms with Crippen LogP contribution in [0.1, 0.15) is 150 Å². The fraction of sp³-hybridized carbons (Fsp3) is 0.500. The first-order valence-electron chi connectivity index (χ1n) is 22.4. The maximum atomic E-state index is 13.5. The monoisotopic (exact) mass is 884 g/mol. The maximum Gasteiger partial charge on any atom is 0.260 e. The lowest BCUT2D eigenvalue weighted by Gasteiger charge is -2.17. The minimum atomic E-state index is 0.00359. The van der Waals surface area contributed by atoms with Crippen molar-refractivity contribution in [2.45, 2.75) is 130 Å². The molecule has 4 aromatic rings. The van der Waals surface area contributed by atoms with E-state index in [-0.39, 0.29) is 23.6 Å². The maximum absolute atomic E-state index is 13.5. The van der Waals surface area contributed by atoms with Crippen LogP contribution in [-0.2, 0) is 19.2 Å². The predicted molar refractivity (Wildman–Crippen MR) is 257 cm³/mol. The summed E-state index contributed by atoms with van der Waals surface area (Å²) in [5.41, 5.74) is 6.43. The molecule has 0 atom stereocenters. The van der Waals surface area contributed by atoms with Gasteiger partial charge in [-0.05, 0) is 71.5 Å². The normalized spacial score (nSPS) is 17.9. The lowest BCUT2D eigenvalue weighted by atomic mass is 10.1. The Kier molecular flexibility index (Phi) is 15.3. The number of rotatable bonds is 20. The molecule has 12 heteroatoms. The van der Waals surface area contributed by atoms with Gasteiger partial charge in [0.05, 0.1) is 64.6 Å². The number of fused-ring (bicyclic) bond motifs is 4. The summed E-state index contributed by atoms with van der Waals surface area (Å²) in [6.45, 7) is 11.7. The third-order valence-corrected chi connectivity index (χ3v) is 15.6. The molecule has 320 valence electrons. The molecule has 0 N–H and O–H groups in total. The van der Waals surface area contributed by atoms with Crippen LogP contribution in [0.3, 0.4) is 0 Å². The number of hydrogen-bond acceptors (Lipinski definition) is 8. The largest absolute Gasteiger partial charge is 0.307 e. The second-order valence-corrected chi connectivity index (χ2v) is 19.8. The zero-order valence-electron chi connectivity index (χ0n) is 35.8. The molecule has 0 aliphatic carbocycles. The van der Waals surface area contributed by atoms with Crippen LogP contribution in [0.15, 0.2) is 45.8 Å². The van der Waals surface area contributed by atoms with Crippen LogP contribution in [0.5, 0.6) is 0 Å². The molecule has 60 heavy (non-hydrogen) atoms. The van der Waals surface area contributed by atoms with Crippen LogP contribution in [0.4, 0.5) is 22.7 Å². The van der Waals surface area contributed by atoms with Crippen LogP contribution < -0.4 is 19.6 Å². The molecule has 0 spiro atoms. The Labute approximate surface area is 372 Å². The first-order chi connectivity index (χ1) is 29.4. The highest BCUT2D eigenvalue weighted by Gasteiger charge is 2.44. The summed E-state index contributed by atoms with van der Waals surface area (Å²) in [7, 11) is 0. The number of carbonyl (C=O) groups excluding carboxylic acids is 4. The molecule has 8 heterocycles. The molecule has 0 saturated heterocycles. The van der Waals surface area contributed by atoms with Gasteiger partial charge in [0.2, 0.25) is 0 Å². The van der Waals surface area contributed by atoms with Gasteiger partial charge in [-0.1, -0.05) is 105 Å². The van der Waals surface area contributed by atoms with Gasteiger partial charge in [0.1, 0.15) is 0 Å². The van der Waals surface area contributed by atoms with Gasteiger partial charge >= 0.3 is 0 Å². The number of amides is 4. The van der Waals surface area contributed by atoms with Crippen LogP contribution >= 0.6 is 45.3 Å². The average Bonchev–Trinajstić information content (AvgIpc) is 4.12. The quantitative estimate of drug-likeness (QED) is 0.0654. The van der Waals surface area contributed by atoms with Crippen molar-refractivity contribution in [2.75, 3.05) is 45.8 Å². The van der Waals surface area contributed by atoms with Gasteiger partial charge in [-0.2, -0.15) is 0 Å². The highest BCUT2D eigenvalue weighted by atomic mass is 32.1. The summed E-state index contributed by atoms with van der Waals surface area (Å²) in [5, 5.41) is 8.14. The molecule has 0 unspecified atom stereocenters. The van der Waals surface area contributed by atoms with E-state index >= 15 is 0 Å². The van der Waals surface area contributed by atoms with Crippen LogP contribution in [0.2, 0.25) is 0 Å². The topological polar surface area (TPSA) is 81.2 Å². The highest BCUT2D eigenvalue weighted by molar-refractivity contribution is 7.15. The molecule has 0 aromatic carbocycles. The number of unbranched alkanes of at least 4 members (excludes halogenated alkanes) is 12. The summed E-state index contributed by atoms with van der Waals surface area (Å²) >= 11 is 6.31. The van der Waals surface area contributed by atoms with E-state index in [9.17, 15) is 19.2 Å². The van der Waals surface area contributed by atoms with Gasteiger partial charge in [0.15, 0.2) is 0 Å². The summed E-state index contributed by atoms with van der Waals surface area (Å²) in [5.74, 6) is 0.0144. The molecule has 8 nitrogen and oxygen atoms in total. The second kappa shape index (κ2) is 20.8. The Bertz CT molecular complexity index is 1910. The molecule has 0 radical (unpaired) electrons. The molecule has 0 bridgehead atoms. The zero-order chi connectivity index (χ0) is 42.2. The number of hydrogen-bond donors (Lipinski definition) is 0. The van der Waals surface area contributed by atoms with E-state index in [0.717, 1.165) is 120 Å². The van der Waals surface area contributed by atoms with Crippen molar-refractivity contribution in [2.24, 2.45) is 0 Å². The fourth-order valence-corrected chi connectivity index (χ4v) is 12.5. The third-order valence-electron chi connectivity index (χ3n) is 11.9. The van der Waals surface area contributed by atoms with Crippen molar-refractivity contribution < 1.29 is 19.2 Å². The Hall–Kier alpha value is -3.84. The van der Waals surface area contributed by atoms with Gasteiger partial charge in [-0.15, -0.1) is 45.3 Å². The van der Waals surface area contributed by atoms with Crippen molar-refractivity contribution in [1.82, 2.24) is 0 Å². The van der Waals surface area contributed by atoms with E-state index in [4.69, 9.17) is 0 Å². The lowest BCUT2D eigenvalue weighted by molar-refractivity contribution is -0.114. The summed E-state index contributed by atoms with van der Waals surface area (Å²) in [6.07, 6.45) is 18.0. The van der Waals surface area contributed by atoms with Gasteiger partial charge < -0.3 is 19.6 Å². The lowest BCUT2D eigenvalue weighted by Crippen LogP contribution is -2.30. The van der Waals surface area contributed by atoms with Gasteiger partial charge in [0.25, 0.3) is 23.6 Å². The predicted octanol–water partition coefficient (Wildman–Crippen LogP) is 13.1. The second-order valence-electron chi connectivity index (χ2n) is 16.1. The van der Waals surface area contributed by atoms with E-state index in [1.165, 1.54) is 51.4 Å². The van der Waals surface area contributed by atoms with Crippen molar-refractivity contribution in [3.8, 4) is 0 Å². The Morgan fingerprint density at radius 3 is 0.750 bits per heavy atom. The smallest absolute Gasteiger partial charge is 0.260 e. The molecular weight excluding hydrogens is 825 g/mol. The third kappa shape index (κ3) is 8.76. The molecule has 4 aliphatic rings. The first-order valence-corrected chi connectivity index (χ1v) is 26.0. The van der Waals surface area contributed by atoms with Gasteiger partial charge in [0, 0.05) is 26.2 Å². The van der Waals surface area contributed by atoms with Gasteiger partial charge in [-0.3, -0.25) is 19.2 Å². The minimum absolute atomic E-state index is 0.00359. The van der Waals surface area contributed by atoms with E-state index in [1.807, 2.05) is 65.4 Å². The standard InChI is InChI=1S/2C24H30N2O2S2/c2*1-3-5-7-9-13-25-17-11-15-29-21(17)19(23(25)27)20-22-18(12-16-30-22)26(24(20)28)14-10-8-6-4-2/h2*11-12,15-16H,3-10,13-14H2,1-2H3/b2*20-19+. The summed E-state index contributed by atoms with van der Waals surface area (Å²) in [6, 6.07) is 8.12. The van der Waals surface area contributed by atoms with Crippen molar-refractivity contribution in [3.05, 3.63) is 65.3 Å². The number of thiophene rings is 4.